The van der Waals surface area contributed by atoms with Gasteiger partial charge in [0.05, 0.1) is 0 Å². The standard InChI is InChI=1S/C5H6O6/c1-2-4(8-10-6-2)5-3(1)7-11-9-5/h2-5H,1H2. The molecular formula is C5H6O6. The largest absolute Gasteiger partial charge is 0.200 e. The third-order valence-corrected chi connectivity index (χ3v) is 2.15. The smallest absolute Gasteiger partial charge is 0.158 e. The van der Waals surface area contributed by atoms with Gasteiger partial charge in [-0.25, -0.2) is 0 Å². The Balaban J connectivity index is 1.84. The van der Waals surface area contributed by atoms with Gasteiger partial charge >= 0.3 is 0 Å². The van der Waals surface area contributed by atoms with E-state index in [0.717, 1.165) is 0 Å². The molecule has 0 N–H and O–H groups in total. The van der Waals surface area contributed by atoms with Crippen LogP contribution < -0.4 is 0 Å². The van der Waals surface area contributed by atoms with E-state index in [1.54, 1.807) is 0 Å². The van der Waals surface area contributed by atoms with E-state index < -0.39 is 0 Å². The average Bonchev–Trinajstić information content (AvgIpc) is 2.52. The van der Waals surface area contributed by atoms with E-state index in [0.29, 0.717) is 6.42 Å². The van der Waals surface area contributed by atoms with Crippen molar-refractivity contribution in [2.45, 2.75) is 30.8 Å². The van der Waals surface area contributed by atoms with Crippen LogP contribution in [0, 0.1) is 0 Å². The SMILES string of the molecule is C1C2OOOC2C2OOOC12. The zero-order valence-corrected chi connectivity index (χ0v) is 5.47. The number of hydrogen-bond donors (Lipinski definition) is 0. The van der Waals surface area contributed by atoms with E-state index in [9.17, 15) is 0 Å². The van der Waals surface area contributed by atoms with E-state index in [4.69, 9.17) is 19.6 Å². The molecule has 6 heteroatoms. The predicted molar refractivity (Wildman–Crippen MR) is 26.3 cm³/mol. The first-order valence-corrected chi connectivity index (χ1v) is 3.43. The molecule has 3 rings (SSSR count). The van der Waals surface area contributed by atoms with Crippen molar-refractivity contribution in [2.75, 3.05) is 0 Å². The maximum atomic E-state index is 4.78. The Kier molecular flexibility index (Phi) is 1.22. The van der Waals surface area contributed by atoms with Crippen LogP contribution in [0.25, 0.3) is 0 Å². The van der Waals surface area contributed by atoms with E-state index >= 15 is 0 Å². The molecule has 4 atom stereocenters. The summed E-state index contributed by atoms with van der Waals surface area (Å²) in [6.07, 6.45) is 0.0581. The lowest BCUT2D eigenvalue weighted by Crippen LogP contribution is -2.29. The zero-order valence-electron chi connectivity index (χ0n) is 5.47. The molecule has 3 fully saturated rings. The summed E-state index contributed by atoms with van der Waals surface area (Å²) in [5.41, 5.74) is 0. The molecule has 1 saturated carbocycles. The molecule has 2 saturated heterocycles. The number of rotatable bonds is 0. The molecule has 0 aromatic rings. The van der Waals surface area contributed by atoms with Crippen LogP contribution in [-0.4, -0.2) is 24.4 Å². The van der Waals surface area contributed by atoms with Crippen molar-refractivity contribution in [1.29, 1.82) is 0 Å². The van der Waals surface area contributed by atoms with Gasteiger partial charge in [0.25, 0.3) is 0 Å². The van der Waals surface area contributed by atoms with Crippen LogP contribution in [-0.2, 0) is 29.6 Å². The minimum absolute atomic E-state index is 0.0890. The van der Waals surface area contributed by atoms with Gasteiger partial charge in [-0.3, -0.25) is 0 Å². The zero-order chi connectivity index (χ0) is 7.26. The molecule has 2 aliphatic heterocycles. The number of hydrogen-bond acceptors (Lipinski definition) is 6. The van der Waals surface area contributed by atoms with Gasteiger partial charge in [0.1, 0.15) is 12.2 Å². The molecule has 2 heterocycles. The molecule has 6 nitrogen and oxygen atoms in total. The minimum Gasteiger partial charge on any atom is -0.200 e. The number of fused-ring (bicyclic) bond motifs is 3. The van der Waals surface area contributed by atoms with E-state index in [-0.39, 0.29) is 24.4 Å². The molecule has 0 amide bonds. The van der Waals surface area contributed by atoms with E-state index in [2.05, 4.69) is 10.1 Å². The maximum absolute atomic E-state index is 4.78. The maximum Gasteiger partial charge on any atom is 0.158 e. The van der Waals surface area contributed by atoms with E-state index in [1.165, 1.54) is 0 Å². The minimum atomic E-state index is -0.220. The summed E-state index contributed by atoms with van der Waals surface area (Å²) in [5, 5.41) is 8.66. The summed E-state index contributed by atoms with van der Waals surface area (Å²) in [6, 6.07) is 0. The van der Waals surface area contributed by atoms with Gasteiger partial charge in [0.2, 0.25) is 0 Å². The van der Waals surface area contributed by atoms with Gasteiger partial charge in [0.15, 0.2) is 12.2 Å². The van der Waals surface area contributed by atoms with Gasteiger partial charge in [-0.15, -0.1) is 0 Å². The molecule has 0 spiro atoms. The molecule has 0 radical (unpaired) electrons. The van der Waals surface area contributed by atoms with Crippen LogP contribution in [0.5, 0.6) is 0 Å². The third kappa shape index (κ3) is 0.763. The van der Waals surface area contributed by atoms with Crippen LogP contribution in [0.1, 0.15) is 6.42 Å². The van der Waals surface area contributed by atoms with Gasteiger partial charge in [-0.2, -0.15) is 19.6 Å². The Morgan fingerprint density at radius 2 is 1.27 bits per heavy atom. The normalized spacial score (nSPS) is 54.5. The van der Waals surface area contributed by atoms with Crippen molar-refractivity contribution in [3.63, 3.8) is 0 Å². The highest BCUT2D eigenvalue weighted by Crippen LogP contribution is 2.37. The fourth-order valence-corrected chi connectivity index (χ4v) is 1.58. The highest BCUT2D eigenvalue weighted by Gasteiger charge is 2.56. The van der Waals surface area contributed by atoms with Crippen molar-refractivity contribution >= 4 is 0 Å². The lowest BCUT2D eigenvalue weighted by Gasteiger charge is -2.05. The summed E-state index contributed by atoms with van der Waals surface area (Å²) in [4.78, 5) is 19.1. The summed E-state index contributed by atoms with van der Waals surface area (Å²) in [6.45, 7) is 0. The van der Waals surface area contributed by atoms with Crippen molar-refractivity contribution in [3.8, 4) is 0 Å². The van der Waals surface area contributed by atoms with Gasteiger partial charge in [0, 0.05) is 6.42 Å². The fraction of sp³-hybridized carbons (Fsp3) is 1.00. The Morgan fingerprint density at radius 1 is 0.727 bits per heavy atom. The summed E-state index contributed by atoms with van der Waals surface area (Å²) < 4.78 is 0. The second-order valence-corrected chi connectivity index (χ2v) is 2.76. The monoisotopic (exact) mass is 162 g/mol. The third-order valence-electron chi connectivity index (χ3n) is 2.15. The summed E-state index contributed by atoms with van der Waals surface area (Å²) in [7, 11) is 0. The van der Waals surface area contributed by atoms with Crippen LogP contribution in [0.3, 0.4) is 0 Å². The van der Waals surface area contributed by atoms with Crippen LogP contribution >= 0.6 is 0 Å². The first-order valence-electron chi connectivity index (χ1n) is 3.43. The Bertz CT molecular complexity index is 154. The van der Waals surface area contributed by atoms with Crippen molar-refractivity contribution in [2.24, 2.45) is 0 Å². The molecule has 11 heavy (non-hydrogen) atoms. The molecule has 0 aromatic carbocycles. The second kappa shape index (κ2) is 2.13. The summed E-state index contributed by atoms with van der Waals surface area (Å²) in [5.74, 6) is 0. The summed E-state index contributed by atoms with van der Waals surface area (Å²) >= 11 is 0. The molecular weight excluding hydrogens is 156 g/mol. The Hall–Kier alpha value is -0.240. The lowest BCUT2D eigenvalue weighted by atomic mass is 10.2. The highest BCUT2D eigenvalue weighted by atomic mass is 17.6. The molecule has 62 valence electrons. The quantitative estimate of drug-likeness (QED) is 0.454. The molecule has 3 aliphatic rings. The van der Waals surface area contributed by atoms with Crippen molar-refractivity contribution in [3.05, 3.63) is 0 Å². The molecule has 4 unspecified atom stereocenters. The van der Waals surface area contributed by atoms with Crippen LogP contribution in [0.15, 0.2) is 0 Å². The highest BCUT2D eigenvalue weighted by molar-refractivity contribution is 4.95. The van der Waals surface area contributed by atoms with Crippen LogP contribution in [0.2, 0.25) is 0 Å². The Labute approximate surface area is 61.6 Å². The van der Waals surface area contributed by atoms with Crippen molar-refractivity contribution in [1.82, 2.24) is 0 Å². The molecule has 1 aliphatic carbocycles. The first-order chi connectivity index (χ1) is 5.45. The predicted octanol–water partition coefficient (Wildman–Crippen LogP) is -0.349. The average molecular weight is 162 g/mol. The van der Waals surface area contributed by atoms with Gasteiger partial charge < -0.3 is 0 Å². The van der Waals surface area contributed by atoms with Crippen LogP contribution in [0.4, 0.5) is 0 Å². The fourth-order valence-electron chi connectivity index (χ4n) is 1.58. The Morgan fingerprint density at radius 3 is 1.82 bits per heavy atom. The second-order valence-electron chi connectivity index (χ2n) is 2.76. The van der Waals surface area contributed by atoms with Gasteiger partial charge in [-0.05, 0) is 0 Å². The molecule has 0 aromatic heterocycles. The van der Waals surface area contributed by atoms with Gasteiger partial charge in [-0.1, -0.05) is 10.1 Å². The lowest BCUT2D eigenvalue weighted by molar-refractivity contribution is -0.480. The van der Waals surface area contributed by atoms with Crippen molar-refractivity contribution < 1.29 is 29.6 Å². The first kappa shape index (κ1) is 6.30. The topological polar surface area (TPSA) is 55.4 Å². The van der Waals surface area contributed by atoms with E-state index in [1.807, 2.05) is 0 Å². The molecule has 0 bridgehead atoms.